The summed E-state index contributed by atoms with van der Waals surface area (Å²) >= 11 is 0. The second kappa shape index (κ2) is 21.3. The van der Waals surface area contributed by atoms with Crippen LogP contribution in [0.25, 0.3) is 12.2 Å². The van der Waals surface area contributed by atoms with Gasteiger partial charge in [0.1, 0.15) is 11.5 Å². The molecule has 2 N–H and O–H groups in total. The second-order valence-corrected chi connectivity index (χ2v) is 14.2. The number of rotatable bonds is 10. The van der Waals surface area contributed by atoms with Crippen molar-refractivity contribution in [3.8, 4) is 11.5 Å². The normalized spacial score (nSPS) is 18.4. The molecule has 0 saturated heterocycles. The molecule has 0 aliphatic carbocycles. The van der Waals surface area contributed by atoms with Crippen molar-refractivity contribution >= 4 is 35.5 Å². The Hall–Kier alpha value is -6.94. The zero-order valence-electron chi connectivity index (χ0n) is 35.7. The van der Waals surface area contributed by atoms with E-state index in [9.17, 15) is 62.3 Å². The summed E-state index contributed by atoms with van der Waals surface area (Å²) in [6, 6.07) is 17.2. The summed E-state index contributed by atoms with van der Waals surface area (Å²) in [5, 5.41) is 15.6. The van der Waals surface area contributed by atoms with E-state index in [1.807, 2.05) is 0 Å². The standard InChI is InChI=1S/2C21H17F6NO2.C4H4O4/c2*1-29-15-8-9-16-17(11-15)19(30-2,21(25,26)27)12-28-18(16)10-5-13-3-6-14(7-4-13)20(22,23)24;5-3(6)1-2-4(7)8/h2*3-11H,12H2,1-2H3;1-2H,(H,5,6)(H,7,8)/b;;2-1-. The van der Waals surface area contributed by atoms with Crippen LogP contribution in [0.3, 0.4) is 0 Å². The fourth-order valence-electron chi connectivity index (χ4n) is 6.56. The maximum Gasteiger partial charge on any atom is 0.423 e. The number of carboxylic acids is 2. The molecule has 364 valence electrons. The number of methoxy groups -OCH3 is 4. The monoisotopic (exact) mass is 974 g/mol. The largest absolute Gasteiger partial charge is 0.497 e. The Morgan fingerprint density at radius 1 is 0.515 bits per heavy atom. The second-order valence-electron chi connectivity index (χ2n) is 14.2. The third-order valence-electron chi connectivity index (χ3n) is 10.1. The summed E-state index contributed by atoms with van der Waals surface area (Å²) in [5.41, 5.74) is -5.31. The SMILES string of the molecule is COc1ccc2c(c1)C(OC)(C(F)(F)F)CN=C2C=Cc1ccc(C(F)(F)F)cc1.COc1ccc2c(c1)C(OC)(C(F)(F)F)CN=C2C=Cc1ccc(C(F)(F)F)cc1.O=C(O)/C=C\C(=O)O. The number of alkyl halides is 12. The first-order valence-electron chi connectivity index (χ1n) is 19.2. The minimum Gasteiger partial charge on any atom is -0.497 e. The number of hydrogen-bond donors (Lipinski definition) is 2. The van der Waals surface area contributed by atoms with Crippen LogP contribution in [-0.4, -0.2) is 87.5 Å². The van der Waals surface area contributed by atoms with Gasteiger partial charge in [-0.05, 0) is 83.9 Å². The quantitative estimate of drug-likeness (QED) is 0.118. The van der Waals surface area contributed by atoms with E-state index in [1.54, 1.807) is 0 Å². The first kappa shape index (κ1) is 53.7. The highest BCUT2D eigenvalue weighted by Gasteiger charge is 2.60. The van der Waals surface area contributed by atoms with Gasteiger partial charge in [0.05, 0.1) is 49.9 Å². The van der Waals surface area contributed by atoms with Crippen LogP contribution in [0.5, 0.6) is 11.5 Å². The van der Waals surface area contributed by atoms with Crippen LogP contribution in [0.1, 0.15) is 44.5 Å². The Balaban J connectivity index is 0.000000256. The zero-order chi connectivity index (χ0) is 50.9. The van der Waals surface area contributed by atoms with Crippen molar-refractivity contribution in [3.63, 3.8) is 0 Å². The van der Waals surface area contributed by atoms with Crippen molar-refractivity contribution < 1.29 is 91.4 Å². The lowest BCUT2D eigenvalue weighted by Crippen LogP contribution is -2.49. The van der Waals surface area contributed by atoms with E-state index in [4.69, 9.17) is 29.2 Å². The number of aliphatic imine (C=N–C) groups is 2. The van der Waals surface area contributed by atoms with Crippen molar-refractivity contribution in [1.29, 1.82) is 0 Å². The van der Waals surface area contributed by atoms with E-state index in [0.717, 1.165) is 38.5 Å². The number of aliphatic carboxylic acids is 2. The molecule has 2 atom stereocenters. The number of fused-ring (bicyclic) bond motifs is 2. The van der Waals surface area contributed by atoms with Crippen molar-refractivity contribution in [1.82, 2.24) is 0 Å². The average Bonchev–Trinajstić information content (AvgIpc) is 3.28. The summed E-state index contributed by atoms with van der Waals surface area (Å²) in [6.07, 6.45) is -11.3. The van der Waals surface area contributed by atoms with Gasteiger partial charge >= 0.3 is 36.6 Å². The van der Waals surface area contributed by atoms with Gasteiger partial charge in [0.2, 0.25) is 11.2 Å². The van der Waals surface area contributed by atoms with E-state index in [0.29, 0.717) is 23.3 Å². The number of halogens is 12. The first-order valence-corrected chi connectivity index (χ1v) is 19.2. The lowest BCUT2D eigenvalue weighted by molar-refractivity contribution is -0.272. The van der Waals surface area contributed by atoms with Gasteiger partial charge < -0.3 is 29.2 Å². The predicted molar refractivity (Wildman–Crippen MR) is 224 cm³/mol. The van der Waals surface area contributed by atoms with Crippen LogP contribution in [-0.2, 0) is 42.6 Å². The average molecular weight is 975 g/mol. The maximum atomic E-state index is 13.9. The topological polar surface area (TPSA) is 136 Å². The Kier molecular flexibility index (Phi) is 16.9. The van der Waals surface area contributed by atoms with E-state index < -0.39 is 72.1 Å². The first-order chi connectivity index (χ1) is 31.7. The van der Waals surface area contributed by atoms with Gasteiger partial charge in [-0.1, -0.05) is 36.4 Å². The highest BCUT2D eigenvalue weighted by molar-refractivity contribution is 6.13. The molecule has 4 aromatic carbocycles. The molecular weight excluding hydrogens is 936 g/mol. The molecule has 0 spiro atoms. The molecule has 0 aromatic heterocycles. The summed E-state index contributed by atoms with van der Waals surface area (Å²) < 4.78 is 179. The predicted octanol–water partition coefficient (Wildman–Crippen LogP) is 11.0. The molecule has 2 unspecified atom stereocenters. The summed E-state index contributed by atoms with van der Waals surface area (Å²) in [4.78, 5) is 27.2. The molecule has 2 aliphatic rings. The van der Waals surface area contributed by atoms with Crippen LogP contribution in [0.4, 0.5) is 52.7 Å². The number of ether oxygens (including phenoxy) is 4. The zero-order valence-corrected chi connectivity index (χ0v) is 35.7. The minimum atomic E-state index is -4.73. The van der Waals surface area contributed by atoms with Gasteiger partial charge in [-0.3, -0.25) is 9.98 Å². The number of benzene rings is 4. The van der Waals surface area contributed by atoms with E-state index in [1.165, 1.54) is 99.2 Å². The van der Waals surface area contributed by atoms with E-state index >= 15 is 0 Å². The molecule has 0 bridgehead atoms. The van der Waals surface area contributed by atoms with Crippen LogP contribution >= 0.6 is 0 Å². The van der Waals surface area contributed by atoms with E-state index in [-0.39, 0.29) is 45.2 Å². The Morgan fingerprint density at radius 2 is 0.838 bits per heavy atom. The maximum absolute atomic E-state index is 13.9. The van der Waals surface area contributed by atoms with E-state index in [2.05, 4.69) is 9.98 Å². The lowest BCUT2D eigenvalue weighted by atomic mass is 9.84. The minimum absolute atomic E-state index is 0.140. The molecule has 0 radical (unpaired) electrons. The number of nitrogens with zero attached hydrogens (tertiary/aromatic N) is 2. The molecule has 2 heterocycles. The Morgan fingerprint density at radius 3 is 1.09 bits per heavy atom. The molecular formula is C46H38F12N2O8. The number of allylic oxidation sites excluding steroid dienone is 2. The van der Waals surface area contributed by atoms with Gasteiger partial charge in [0.15, 0.2) is 0 Å². The highest BCUT2D eigenvalue weighted by Crippen LogP contribution is 2.48. The Labute approximate surface area is 379 Å². The van der Waals surface area contributed by atoms with Crippen molar-refractivity contribution in [3.05, 3.63) is 154 Å². The fourth-order valence-corrected chi connectivity index (χ4v) is 6.56. The van der Waals surface area contributed by atoms with Gasteiger partial charge in [0, 0.05) is 48.6 Å². The van der Waals surface area contributed by atoms with Gasteiger partial charge in [0.25, 0.3) is 0 Å². The molecule has 68 heavy (non-hydrogen) atoms. The lowest BCUT2D eigenvalue weighted by Gasteiger charge is -2.37. The highest BCUT2D eigenvalue weighted by atomic mass is 19.4. The summed E-state index contributed by atoms with van der Waals surface area (Å²) in [7, 11) is 4.61. The molecule has 0 fully saturated rings. The summed E-state index contributed by atoms with van der Waals surface area (Å²) in [6.45, 7) is -1.39. The Bertz CT molecular complexity index is 2400. The van der Waals surface area contributed by atoms with Crippen LogP contribution in [0.15, 0.2) is 119 Å². The molecule has 0 saturated carbocycles. The molecule has 2 aliphatic heterocycles. The number of carbonyl (C=O) groups is 2. The van der Waals surface area contributed by atoms with Gasteiger partial charge in [-0.2, -0.15) is 52.7 Å². The molecule has 6 rings (SSSR count). The molecule has 22 heteroatoms. The van der Waals surface area contributed by atoms with Crippen LogP contribution < -0.4 is 9.47 Å². The fraction of sp³-hybridized carbons (Fsp3) is 0.261. The molecule has 10 nitrogen and oxygen atoms in total. The smallest absolute Gasteiger partial charge is 0.423 e. The van der Waals surface area contributed by atoms with Crippen LogP contribution in [0.2, 0.25) is 0 Å². The third kappa shape index (κ3) is 12.5. The summed E-state index contributed by atoms with van der Waals surface area (Å²) in [5.74, 6) is -2.06. The van der Waals surface area contributed by atoms with Gasteiger partial charge in [-0.15, -0.1) is 0 Å². The van der Waals surface area contributed by atoms with Gasteiger partial charge in [-0.25, -0.2) is 9.59 Å². The third-order valence-corrected chi connectivity index (χ3v) is 10.1. The van der Waals surface area contributed by atoms with Crippen LogP contribution in [0, 0.1) is 0 Å². The molecule has 0 amide bonds. The molecule has 4 aromatic rings. The number of carboxylic acid groups (broad SMARTS) is 2. The van der Waals surface area contributed by atoms with Crippen molar-refractivity contribution in [2.24, 2.45) is 9.98 Å². The van der Waals surface area contributed by atoms with Crippen molar-refractivity contribution in [2.45, 2.75) is 35.9 Å². The number of hydrogen-bond acceptors (Lipinski definition) is 8. The van der Waals surface area contributed by atoms with Crippen molar-refractivity contribution in [2.75, 3.05) is 41.5 Å².